The number of benzene rings is 5. The minimum atomic E-state index is 0.773. The Balaban J connectivity index is 1.68. The van der Waals surface area contributed by atoms with Crippen molar-refractivity contribution in [1.29, 1.82) is 0 Å². The van der Waals surface area contributed by atoms with Crippen molar-refractivity contribution >= 4 is 50.1 Å². The van der Waals surface area contributed by atoms with Crippen LogP contribution in [0.5, 0.6) is 23.0 Å². The molecular weight excluding hydrogens is 580 g/mol. The number of hydrogen-bond donors (Lipinski definition) is 0. The van der Waals surface area contributed by atoms with E-state index in [0.717, 1.165) is 61.6 Å². The van der Waals surface area contributed by atoms with Gasteiger partial charge in [-0.3, -0.25) is 0 Å². The normalized spacial score (nSPS) is 10.6. The molecule has 0 aliphatic carbocycles. The zero-order valence-corrected chi connectivity index (χ0v) is 25.0. The predicted molar refractivity (Wildman–Crippen MR) is 170 cm³/mol. The molecule has 7 heteroatoms. The van der Waals surface area contributed by atoms with Gasteiger partial charge in [-0.25, -0.2) is 0 Å². The number of anilines is 6. The first-order valence-electron chi connectivity index (χ1n) is 13.0. The molecule has 0 aromatic heterocycles. The van der Waals surface area contributed by atoms with E-state index in [1.807, 2.05) is 91.0 Å². The van der Waals surface area contributed by atoms with Crippen LogP contribution < -0.4 is 28.7 Å². The number of ether oxygens (including phenoxy) is 4. The number of nitrogens with zero attached hydrogens (tertiary/aromatic N) is 2. The molecule has 5 rings (SSSR count). The van der Waals surface area contributed by atoms with Crippen LogP contribution in [-0.2, 0) is 0 Å². The summed E-state index contributed by atoms with van der Waals surface area (Å²) in [6, 6.07) is 38.5. The largest absolute Gasteiger partial charge is 0.497 e. The Labute approximate surface area is 249 Å². The van der Waals surface area contributed by atoms with Gasteiger partial charge >= 0.3 is 0 Å². The van der Waals surface area contributed by atoms with Crippen molar-refractivity contribution in [3.63, 3.8) is 0 Å². The first-order valence-corrected chi connectivity index (χ1v) is 13.8. The fourth-order valence-corrected chi connectivity index (χ4v) is 5.12. The third kappa shape index (κ3) is 6.26. The van der Waals surface area contributed by atoms with Crippen LogP contribution in [0.2, 0.25) is 0 Å². The fraction of sp³-hybridized carbons (Fsp3) is 0.118. The molecule has 41 heavy (non-hydrogen) atoms. The number of hydrogen-bond acceptors (Lipinski definition) is 6. The van der Waals surface area contributed by atoms with Gasteiger partial charge in [0.2, 0.25) is 0 Å². The Morgan fingerprint density at radius 1 is 0.390 bits per heavy atom. The lowest BCUT2D eigenvalue weighted by atomic mass is 10.1. The standard InChI is InChI=1S/C34H31BrN2O4/c1-38-31-14-8-25(9-15-31)36(26-10-16-32(39-2)17-11-26)29-20-24(35)21-30(22-29)37(27-12-18-33(40-3)19-13-27)28-6-5-7-34(23-28)41-4/h5-23H,1-4H3. The average Bonchev–Trinajstić information content (AvgIpc) is 3.02. The zero-order valence-electron chi connectivity index (χ0n) is 23.4. The van der Waals surface area contributed by atoms with Crippen molar-refractivity contribution < 1.29 is 18.9 Å². The number of rotatable bonds is 10. The summed E-state index contributed by atoms with van der Waals surface area (Å²) in [6.45, 7) is 0. The minimum Gasteiger partial charge on any atom is -0.497 e. The van der Waals surface area contributed by atoms with Gasteiger partial charge in [0, 0.05) is 44.7 Å². The Kier molecular flexibility index (Phi) is 8.65. The Morgan fingerprint density at radius 2 is 0.780 bits per heavy atom. The van der Waals surface area contributed by atoms with E-state index >= 15 is 0 Å². The highest BCUT2D eigenvalue weighted by molar-refractivity contribution is 9.10. The lowest BCUT2D eigenvalue weighted by Gasteiger charge is -2.30. The SMILES string of the molecule is COc1ccc(N(c2ccc(OC)cc2)c2cc(Br)cc(N(c3ccc(OC)cc3)c3cccc(OC)c3)c2)cc1. The minimum absolute atomic E-state index is 0.773. The second-order valence-corrected chi connectivity index (χ2v) is 10.0. The molecule has 0 amide bonds. The van der Waals surface area contributed by atoms with Gasteiger partial charge < -0.3 is 28.7 Å². The molecule has 0 aliphatic heterocycles. The highest BCUT2D eigenvalue weighted by Crippen LogP contribution is 2.43. The predicted octanol–water partition coefficient (Wildman–Crippen LogP) is 9.42. The Morgan fingerprint density at radius 3 is 1.17 bits per heavy atom. The average molecular weight is 612 g/mol. The molecule has 5 aromatic rings. The van der Waals surface area contributed by atoms with E-state index < -0.39 is 0 Å². The third-order valence-corrected chi connectivity index (χ3v) is 7.14. The highest BCUT2D eigenvalue weighted by atomic mass is 79.9. The molecule has 0 bridgehead atoms. The van der Waals surface area contributed by atoms with Gasteiger partial charge in [-0.05, 0) is 103 Å². The van der Waals surface area contributed by atoms with Crippen LogP contribution in [0.25, 0.3) is 0 Å². The van der Waals surface area contributed by atoms with Gasteiger partial charge in [0.1, 0.15) is 23.0 Å². The van der Waals surface area contributed by atoms with Gasteiger partial charge in [-0.15, -0.1) is 0 Å². The van der Waals surface area contributed by atoms with E-state index in [0.29, 0.717) is 0 Å². The maximum atomic E-state index is 5.57. The second-order valence-electron chi connectivity index (χ2n) is 9.13. The summed E-state index contributed by atoms with van der Waals surface area (Å²) in [7, 11) is 6.68. The summed E-state index contributed by atoms with van der Waals surface area (Å²) in [5, 5.41) is 0. The first-order chi connectivity index (χ1) is 20.0. The summed E-state index contributed by atoms with van der Waals surface area (Å²) >= 11 is 3.80. The molecule has 0 N–H and O–H groups in total. The Bertz CT molecular complexity index is 1540. The molecule has 0 spiro atoms. The number of halogens is 1. The maximum Gasteiger partial charge on any atom is 0.120 e. The number of methoxy groups -OCH3 is 4. The topological polar surface area (TPSA) is 43.4 Å². The van der Waals surface area contributed by atoms with Crippen LogP contribution in [0.4, 0.5) is 34.1 Å². The lowest BCUT2D eigenvalue weighted by molar-refractivity contribution is 0.414. The zero-order chi connectivity index (χ0) is 28.8. The van der Waals surface area contributed by atoms with Gasteiger partial charge in [0.15, 0.2) is 0 Å². The molecule has 0 heterocycles. The van der Waals surface area contributed by atoms with Crippen LogP contribution in [0.3, 0.4) is 0 Å². The molecule has 208 valence electrons. The van der Waals surface area contributed by atoms with Crippen molar-refractivity contribution in [2.24, 2.45) is 0 Å². The van der Waals surface area contributed by atoms with Crippen molar-refractivity contribution in [2.45, 2.75) is 0 Å². The lowest BCUT2D eigenvalue weighted by Crippen LogP contribution is -2.13. The molecular formula is C34H31BrN2O4. The third-order valence-electron chi connectivity index (χ3n) is 6.69. The smallest absolute Gasteiger partial charge is 0.120 e. The van der Waals surface area contributed by atoms with Crippen molar-refractivity contribution in [2.75, 3.05) is 38.2 Å². The second kappa shape index (κ2) is 12.7. The summed E-state index contributed by atoms with van der Waals surface area (Å²) in [4.78, 5) is 4.39. The van der Waals surface area contributed by atoms with E-state index in [-0.39, 0.29) is 0 Å². The molecule has 0 radical (unpaired) electrons. The van der Waals surface area contributed by atoms with Crippen molar-refractivity contribution in [3.8, 4) is 23.0 Å². The molecule has 0 atom stereocenters. The summed E-state index contributed by atoms with van der Waals surface area (Å²) in [5.41, 5.74) is 5.82. The van der Waals surface area contributed by atoms with E-state index in [1.165, 1.54) is 0 Å². The van der Waals surface area contributed by atoms with Crippen LogP contribution in [0.1, 0.15) is 0 Å². The molecule has 0 saturated heterocycles. The van der Waals surface area contributed by atoms with Crippen LogP contribution in [0, 0.1) is 0 Å². The van der Waals surface area contributed by atoms with Gasteiger partial charge in [-0.1, -0.05) is 22.0 Å². The van der Waals surface area contributed by atoms with Crippen LogP contribution in [-0.4, -0.2) is 28.4 Å². The monoisotopic (exact) mass is 610 g/mol. The van der Waals surface area contributed by atoms with Crippen molar-refractivity contribution in [3.05, 3.63) is 120 Å². The first kappa shape index (κ1) is 27.9. The van der Waals surface area contributed by atoms with Crippen molar-refractivity contribution in [1.82, 2.24) is 0 Å². The molecule has 0 unspecified atom stereocenters. The molecule has 0 fully saturated rings. The van der Waals surface area contributed by atoms with E-state index in [1.54, 1.807) is 28.4 Å². The van der Waals surface area contributed by atoms with Crippen LogP contribution >= 0.6 is 15.9 Å². The van der Waals surface area contributed by atoms with E-state index in [4.69, 9.17) is 18.9 Å². The molecule has 0 saturated carbocycles. The highest BCUT2D eigenvalue weighted by Gasteiger charge is 2.19. The fourth-order valence-electron chi connectivity index (χ4n) is 4.66. The molecule has 5 aromatic carbocycles. The van der Waals surface area contributed by atoms with E-state index in [9.17, 15) is 0 Å². The van der Waals surface area contributed by atoms with Crippen LogP contribution in [0.15, 0.2) is 120 Å². The summed E-state index contributed by atoms with van der Waals surface area (Å²) in [5.74, 6) is 3.15. The molecule has 0 aliphatic rings. The Hall–Kier alpha value is -4.62. The summed E-state index contributed by atoms with van der Waals surface area (Å²) < 4.78 is 22.8. The quantitative estimate of drug-likeness (QED) is 0.157. The van der Waals surface area contributed by atoms with Gasteiger partial charge in [0.05, 0.1) is 28.4 Å². The summed E-state index contributed by atoms with van der Waals surface area (Å²) in [6.07, 6.45) is 0. The maximum absolute atomic E-state index is 5.57. The van der Waals surface area contributed by atoms with Gasteiger partial charge in [-0.2, -0.15) is 0 Å². The van der Waals surface area contributed by atoms with Gasteiger partial charge in [0.25, 0.3) is 0 Å². The molecule has 6 nitrogen and oxygen atoms in total. The van der Waals surface area contributed by atoms with E-state index in [2.05, 4.69) is 50.0 Å².